The third-order valence-corrected chi connectivity index (χ3v) is 4.31. The summed E-state index contributed by atoms with van der Waals surface area (Å²) in [5, 5.41) is 12.2. The summed E-state index contributed by atoms with van der Waals surface area (Å²) >= 11 is 3.58. The van der Waals surface area contributed by atoms with Gasteiger partial charge < -0.3 is 10.1 Å². The highest BCUT2D eigenvalue weighted by Gasteiger charge is 2.22. The zero-order valence-corrected chi connectivity index (χ0v) is 12.4. The minimum Gasteiger partial charge on any atom is -0.496 e. The lowest BCUT2D eigenvalue weighted by Crippen LogP contribution is -2.17. The van der Waals surface area contributed by atoms with Gasteiger partial charge in [0.2, 0.25) is 0 Å². The Morgan fingerprint density at radius 3 is 2.24 bits per heavy atom. The van der Waals surface area contributed by atoms with Crippen LogP contribution in [0.2, 0.25) is 0 Å². The number of benzene rings is 1. The van der Waals surface area contributed by atoms with Crippen LogP contribution in [0.1, 0.15) is 28.3 Å². The van der Waals surface area contributed by atoms with Crippen LogP contribution in [0, 0.1) is 32.1 Å². The van der Waals surface area contributed by atoms with Crippen molar-refractivity contribution in [1.82, 2.24) is 5.32 Å². The van der Waals surface area contributed by atoms with E-state index in [1.54, 1.807) is 14.2 Å². The number of halogens is 1. The van der Waals surface area contributed by atoms with Crippen LogP contribution < -0.4 is 10.1 Å². The number of nitrogens with zero attached hydrogens (tertiary/aromatic N) is 1. The predicted octanol–water partition coefficient (Wildman–Crippen LogP) is 3.17. The van der Waals surface area contributed by atoms with E-state index in [1.165, 1.54) is 0 Å². The number of methoxy groups -OCH3 is 1. The number of nitrogens with one attached hydrogen (secondary N) is 1. The van der Waals surface area contributed by atoms with E-state index in [0.29, 0.717) is 0 Å². The molecule has 92 valence electrons. The fraction of sp³-hybridized carbons (Fsp3) is 0.462. The summed E-state index contributed by atoms with van der Waals surface area (Å²) in [5.41, 5.74) is 4.17. The molecule has 0 heterocycles. The molecule has 1 unspecified atom stereocenters. The first-order chi connectivity index (χ1) is 7.99. The van der Waals surface area contributed by atoms with E-state index in [-0.39, 0.29) is 6.04 Å². The van der Waals surface area contributed by atoms with Crippen molar-refractivity contribution in [2.24, 2.45) is 0 Å². The van der Waals surface area contributed by atoms with E-state index in [9.17, 15) is 5.26 Å². The number of rotatable bonds is 3. The molecule has 1 rings (SSSR count). The molecule has 3 nitrogen and oxygen atoms in total. The SMILES string of the molecule is CNC(C#N)c1c(C)c(Br)c(C)c(C)c1OC. The Kier molecular flexibility index (Phi) is 4.55. The fourth-order valence-corrected chi connectivity index (χ4v) is 2.50. The van der Waals surface area contributed by atoms with Crippen LogP contribution in [0.3, 0.4) is 0 Å². The van der Waals surface area contributed by atoms with Crippen molar-refractivity contribution in [1.29, 1.82) is 5.26 Å². The van der Waals surface area contributed by atoms with Crippen molar-refractivity contribution >= 4 is 15.9 Å². The maximum Gasteiger partial charge on any atom is 0.128 e. The topological polar surface area (TPSA) is 45.0 Å². The quantitative estimate of drug-likeness (QED) is 0.932. The maximum absolute atomic E-state index is 9.19. The monoisotopic (exact) mass is 296 g/mol. The van der Waals surface area contributed by atoms with Crippen molar-refractivity contribution in [3.8, 4) is 11.8 Å². The van der Waals surface area contributed by atoms with Crippen molar-refractivity contribution in [3.05, 3.63) is 26.7 Å². The molecule has 0 spiro atoms. The van der Waals surface area contributed by atoms with Gasteiger partial charge in [0.25, 0.3) is 0 Å². The van der Waals surface area contributed by atoms with Gasteiger partial charge in [0.05, 0.1) is 13.2 Å². The van der Waals surface area contributed by atoms with E-state index in [4.69, 9.17) is 4.74 Å². The van der Waals surface area contributed by atoms with Crippen LogP contribution in [0.25, 0.3) is 0 Å². The number of hydrogen-bond donors (Lipinski definition) is 1. The standard InChI is InChI=1S/C13H17BrN2O/c1-7-8(2)13(17-5)11(9(3)12(7)14)10(6-15)16-4/h10,16H,1-5H3. The third-order valence-electron chi connectivity index (χ3n) is 3.12. The highest BCUT2D eigenvalue weighted by molar-refractivity contribution is 9.10. The normalized spacial score (nSPS) is 12.1. The summed E-state index contributed by atoms with van der Waals surface area (Å²) < 4.78 is 6.51. The van der Waals surface area contributed by atoms with Crippen LogP contribution in [-0.2, 0) is 0 Å². The molecule has 1 atom stereocenters. The zero-order valence-electron chi connectivity index (χ0n) is 10.8. The van der Waals surface area contributed by atoms with Gasteiger partial charge in [-0.1, -0.05) is 15.9 Å². The lowest BCUT2D eigenvalue weighted by atomic mass is 9.94. The lowest BCUT2D eigenvalue weighted by molar-refractivity contribution is 0.402. The first kappa shape index (κ1) is 14.0. The molecular weight excluding hydrogens is 280 g/mol. The zero-order chi connectivity index (χ0) is 13.2. The van der Waals surface area contributed by atoms with Crippen molar-refractivity contribution in [2.75, 3.05) is 14.2 Å². The van der Waals surface area contributed by atoms with Crippen LogP contribution in [0.15, 0.2) is 4.47 Å². The van der Waals surface area contributed by atoms with E-state index >= 15 is 0 Å². The predicted molar refractivity (Wildman–Crippen MR) is 72.3 cm³/mol. The van der Waals surface area contributed by atoms with Crippen LogP contribution in [-0.4, -0.2) is 14.2 Å². The molecule has 0 aliphatic rings. The van der Waals surface area contributed by atoms with Gasteiger partial charge in [-0.3, -0.25) is 0 Å². The van der Waals surface area contributed by atoms with E-state index < -0.39 is 0 Å². The minimum atomic E-state index is -0.361. The molecule has 0 aromatic heterocycles. The summed E-state index contributed by atoms with van der Waals surface area (Å²) in [6.07, 6.45) is 0. The van der Waals surface area contributed by atoms with Crippen LogP contribution in [0.4, 0.5) is 0 Å². The Bertz CT molecular complexity index is 478. The highest BCUT2D eigenvalue weighted by Crippen LogP contribution is 2.38. The van der Waals surface area contributed by atoms with Gasteiger partial charge in [-0.05, 0) is 44.5 Å². The van der Waals surface area contributed by atoms with Gasteiger partial charge in [0.15, 0.2) is 0 Å². The first-order valence-corrected chi connectivity index (χ1v) is 6.18. The Morgan fingerprint density at radius 2 is 1.82 bits per heavy atom. The van der Waals surface area contributed by atoms with Gasteiger partial charge >= 0.3 is 0 Å². The summed E-state index contributed by atoms with van der Waals surface area (Å²) in [6.45, 7) is 6.04. The Hall–Kier alpha value is -1.05. The molecule has 1 aromatic carbocycles. The second kappa shape index (κ2) is 5.52. The second-order valence-electron chi connectivity index (χ2n) is 3.99. The van der Waals surface area contributed by atoms with E-state index in [0.717, 1.165) is 32.5 Å². The summed E-state index contributed by atoms with van der Waals surface area (Å²) in [6, 6.07) is 1.88. The molecule has 4 heteroatoms. The van der Waals surface area contributed by atoms with Gasteiger partial charge in [0.1, 0.15) is 11.8 Å². The largest absolute Gasteiger partial charge is 0.496 e. The maximum atomic E-state index is 9.19. The molecule has 0 aliphatic heterocycles. The molecule has 1 aromatic rings. The number of hydrogen-bond acceptors (Lipinski definition) is 3. The highest BCUT2D eigenvalue weighted by atomic mass is 79.9. The van der Waals surface area contributed by atoms with E-state index in [2.05, 4.69) is 27.3 Å². The molecule has 0 fully saturated rings. The molecule has 0 amide bonds. The van der Waals surface area contributed by atoms with Crippen molar-refractivity contribution < 1.29 is 4.74 Å². The average Bonchev–Trinajstić information content (AvgIpc) is 2.34. The van der Waals surface area contributed by atoms with Crippen LogP contribution >= 0.6 is 15.9 Å². The Balaban J connectivity index is 3.64. The molecule has 0 aliphatic carbocycles. The average molecular weight is 297 g/mol. The number of ether oxygens (including phenoxy) is 1. The minimum absolute atomic E-state index is 0.361. The molecule has 0 radical (unpaired) electrons. The van der Waals surface area contributed by atoms with Crippen molar-refractivity contribution in [3.63, 3.8) is 0 Å². The summed E-state index contributed by atoms with van der Waals surface area (Å²) in [4.78, 5) is 0. The van der Waals surface area contributed by atoms with Gasteiger partial charge in [-0.25, -0.2) is 0 Å². The van der Waals surface area contributed by atoms with Crippen molar-refractivity contribution in [2.45, 2.75) is 26.8 Å². The fourth-order valence-electron chi connectivity index (χ4n) is 1.99. The summed E-state index contributed by atoms with van der Waals surface area (Å²) in [5.74, 6) is 0.795. The second-order valence-corrected chi connectivity index (χ2v) is 4.78. The smallest absolute Gasteiger partial charge is 0.128 e. The van der Waals surface area contributed by atoms with Gasteiger partial charge in [0, 0.05) is 10.0 Å². The molecule has 0 bridgehead atoms. The number of nitriles is 1. The van der Waals surface area contributed by atoms with Gasteiger partial charge in [-0.15, -0.1) is 0 Å². The van der Waals surface area contributed by atoms with E-state index in [1.807, 2.05) is 20.8 Å². The Labute approximate surface area is 111 Å². The molecule has 0 saturated carbocycles. The Morgan fingerprint density at radius 1 is 1.24 bits per heavy atom. The van der Waals surface area contributed by atoms with Crippen LogP contribution in [0.5, 0.6) is 5.75 Å². The molecular formula is C13H17BrN2O. The third kappa shape index (κ3) is 2.31. The molecule has 1 N–H and O–H groups in total. The lowest BCUT2D eigenvalue weighted by Gasteiger charge is -2.21. The molecule has 0 saturated heterocycles. The molecule has 17 heavy (non-hydrogen) atoms. The first-order valence-electron chi connectivity index (χ1n) is 5.39. The van der Waals surface area contributed by atoms with Gasteiger partial charge in [-0.2, -0.15) is 5.26 Å². The summed E-state index contributed by atoms with van der Waals surface area (Å²) in [7, 11) is 3.42.